The lowest BCUT2D eigenvalue weighted by Gasteiger charge is -2.20. The van der Waals surface area contributed by atoms with E-state index in [0.29, 0.717) is 40.3 Å². The molecule has 1 N–H and O–H groups in total. The molecule has 4 rings (SSSR count). The van der Waals surface area contributed by atoms with Gasteiger partial charge in [-0.15, -0.1) is 0 Å². The molecule has 10 heteroatoms. The molecule has 0 aliphatic heterocycles. The van der Waals surface area contributed by atoms with Crippen molar-refractivity contribution < 1.29 is 22.3 Å². The van der Waals surface area contributed by atoms with Gasteiger partial charge in [-0.05, 0) is 47.9 Å². The number of ether oxygens (including phenoxy) is 2. The number of imidazole rings is 1. The summed E-state index contributed by atoms with van der Waals surface area (Å²) in [4.78, 5) is 20.4. The number of hydrogen-bond donors (Lipinski definition) is 1. The van der Waals surface area contributed by atoms with E-state index in [2.05, 4.69) is 9.97 Å². The molecular formula is C25H26FN3O5S. The third kappa shape index (κ3) is 5.22. The Kier molecular flexibility index (Phi) is 6.93. The van der Waals surface area contributed by atoms with Crippen molar-refractivity contribution in [3.63, 3.8) is 0 Å². The molecule has 0 unspecified atom stereocenters. The van der Waals surface area contributed by atoms with Crippen LogP contribution >= 0.6 is 0 Å². The number of aromatic amines is 1. The molecular weight excluding hydrogens is 473 g/mol. The Labute approximate surface area is 202 Å². The van der Waals surface area contributed by atoms with Crippen molar-refractivity contribution in [2.24, 2.45) is 0 Å². The smallest absolute Gasteiger partial charge is 0.328 e. The second-order valence-electron chi connectivity index (χ2n) is 8.19. The van der Waals surface area contributed by atoms with Gasteiger partial charge in [-0.1, -0.05) is 24.3 Å². The number of halogens is 1. The van der Waals surface area contributed by atoms with Gasteiger partial charge >= 0.3 is 5.69 Å². The van der Waals surface area contributed by atoms with Crippen molar-refractivity contribution in [3.05, 3.63) is 87.7 Å². The first-order valence-electron chi connectivity index (χ1n) is 11.0. The average Bonchev–Trinajstić information content (AvgIpc) is 3.15. The molecule has 0 saturated carbocycles. The number of fused-ring (bicyclic) bond motifs is 1. The maximum atomic E-state index is 14.3. The minimum absolute atomic E-state index is 0.236. The van der Waals surface area contributed by atoms with Crippen molar-refractivity contribution >= 4 is 21.0 Å². The fraction of sp³-hybridized carbons (Fsp3) is 0.280. The number of methoxy groups -OCH3 is 1. The maximum Gasteiger partial charge on any atom is 0.328 e. The summed E-state index contributed by atoms with van der Waals surface area (Å²) in [6.07, 6.45) is 2.88. The Morgan fingerprint density at radius 3 is 2.57 bits per heavy atom. The van der Waals surface area contributed by atoms with E-state index in [4.69, 9.17) is 9.47 Å². The third-order valence-corrected chi connectivity index (χ3v) is 6.60. The van der Waals surface area contributed by atoms with Gasteiger partial charge < -0.3 is 14.5 Å². The molecule has 4 aromatic rings. The summed E-state index contributed by atoms with van der Waals surface area (Å²) in [5.74, 6) is 0.241. The Hall–Kier alpha value is -3.66. The molecule has 0 fully saturated rings. The van der Waals surface area contributed by atoms with Gasteiger partial charge in [0.25, 0.3) is 0 Å². The normalized spacial score (nSPS) is 12.6. The van der Waals surface area contributed by atoms with Crippen molar-refractivity contribution in [2.45, 2.75) is 19.4 Å². The van der Waals surface area contributed by atoms with Crippen LogP contribution in [0, 0.1) is 5.82 Å². The van der Waals surface area contributed by atoms with Crippen molar-refractivity contribution in [2.75, 3.05) is 25.7 Å². The number of hydrogen-bond acceptors (Lipinski definition) is 6. The van der Waals surface area contributed by atoms with Crippen LogP contribution in [0.2, 0.25) is 0 Å². The third-order valence-electron chi connectivity index (χ3n) is 5.68. The highest BCUT2D eigenvalue weighted by Crippen LogP contribution is 2.33. The van der Waals surface area contributed by atoms with E-state index in [-0.39, 0.29) is 23.6 Å². The van der Waals surface area contributed by atoms with Crippen molar-refractivity contribution in [1.29, 1.82) is 0 Å². The molecule has 2 heterocycles. The Balaban J connectivity index is 1.88. The molecule has 0 spiro atoms. The molecule has 0 saturated heterocycles. The number of nitrogens with zero attached hydrogens (tertiary/aromatic N) is 2. The Morgan fingerprint density at radius 2 is 1.89 bits per heavy atom. The molecule has 0 aliphatic carbocycles. The summed E-state index contributed by atoms with van der Waals surface area (Å²) in [5, 5.41) is 0. The van der Waals surface area contributed by atoms with E-state index in [0.717, 1.165) is 6.26 Å². The summed E-state index contributed by atoms with van der Waals surface area (Å²) in [5.41, 5.74) is 1.88. The summed E-state index contributed by atoms with van der Waals surface area (Å²) in [6.45, 7) is 2.20. The number of nitrogens with one attached hydrogen (secondary N) is 1. The fourth-order valence-electron chi connectivity index (χ4n) is 4.13. The van der Waals surface area contributed by atoms with Crippen LogP contribution in [0.25, 0.3) is 11.2 Å². The lowest BCUT2D eigenvalue weighted by Crippen LogP contribution is -2.28. The molecule has 0 bridgehead atoms. The molecule has 0 amide bonds. The van der Waals surface area contributed by atoms with Crippen LogP contribution in [0.4, 0.5) is 4.39 Å². The molecule has 2 aromatic heterocycles. The second kappa shape index (κ2) is 9.91. The van der Waals surface area contributed by atoms with Crippen LogP contribution in [0.15, 0.2) is 59.5 Å². The molecule has 0 aliphatic rings. The zero-order valence-corrected chi connectivity index (χ0v) is 20.4. The van der Waals surface area contributed by atoms with Gasteiger partial charge in [-0.2, -0.15) is 0 Å². The van der Waals surface area contributed by atoms with Gasteiger partial charge in [-0.3, -0.25) is 4.57 Å². The first-order chi connectivity index (χ1) is 16.7. The van der Waals surface area contributed by atoms with Crippen LogP contribution < -0.4 is 15.2 Å². The summed E-state index contributed by atoms with van der Waals surface area (Å²) in [6, 6.07) is 12.3. The van der Waals surface area contributed by atoms with Crippen LogP contribution in [0.5, 0.6) is 11.5 Å². The molecule has 35 heavy (non-hydrogen) atoms. The fourth-order valence-corrected chi connectivity index (χ4v) is 5.05. The quantitative estimate of drug-likeness (QED) is 0.378. The summed E-state index contributed by atoms with van der Waals surface area (Å²) in [7, 11) is -2.00. The molecule has 1 atom stereocenters. The highest BCUT2D eigenvalue weighted by atomic mass is 32.2. The first kappa shape index (κ1) is 24.5. The van der Waals surface area contributed by atoms with E-state index in [9.17, 15) is 17.6 Å². The maximum absolute atomic E-state index is 14.3. The molecule has 184 valence electrons. The zero-order chi connectivity index (χ0) is 25.2. The van der Waals surface area contributed by atoms with E-state index >= 15 is 0 Å². The zero-order valence-electron chi connectivity index (χ0n) is 19.6. The molecule has 2 aromatic carbocycles. The highest BCUT2D eigenvalue weighted by molar-refractivity contribution is 7.90. The SMILES string of the molecule is CCOc1cc([C@@H](CS(C)(=O)=O)n2c(=O)[nH]c3c(Cc4ccccc4F)ccnc32)ccc1OC. The lowest BCUT2D eigenvalue weighted by atomic mass is 10.0. The van der Waals surface area contributed by atoms with E-state index in [1.165, 1.54) is 23.9 Å². The molecule has 8 nitrogen and oxygen atoms in total. The topological polar surface area (TPSA) is 103 Å². The number of H-pyrrole nitrogens is 1. The van der Waals surface area contributed by atoms with Crippen LogP contribution in [0.3, 0.4) is 0 Å². The van der Waals surface area contributed by atoms with E-state index < -0.39 is 21.6 Å². The predicted octanol–water partition coefficient (Wildman–Crippen LogP) is 3.50. The number of rotatable bonds is 9. The number of benzene rings is 2. The largest absolute Gasteiger partial charge is 0.493 e. The first-order valence-corrected chi connectivity index (χ1v) is 13.1. The molecule has 0 radical (unpaired) electrons. The number of sulfone groups is 1. The van der Waals surface area contributed by atoms with Gasteiger partial charge in [0.05, 0.1) is 31.0 Å². The van der Waals surface area contributed by atoms with E-state index in [1.807, 2.05) is 6.92 Å². The Morgan fingerprint density at radius 1 is 1.11 bits per heavy atom. The number of pyridine rings is 1. The lowest BCUT2D eigenvalue weighted by molar-refractivity contribution is 0.310. The highest BCUT2D eigenvalue weighted by Gasteiger charge is 2.26. The van der Waals surface area contributed by atoms with Gasteiger partial charge in [-0.25, -0.2) is 22.6 Å². The van der Waals surface area contributed by atoms with Crippen molar-refractivity contribution in [3.8, 4) is 11.5 Å². The number of aromatic nitrogens is 3. The van der Waals surface area contributed by atoms with Gasteiger partial charge in [0.2, 0.25) is 0 Å². The second-order valence-corrected chi connectivity index (χ2v) is 10.4. The Bertz CT molecular complexity index is 1530. The van der Waals surface area contributed by atoms with Crippen LogP contribution in [-0.2, 0) is 16.3 Å². The summed E-state index contributed by atoms with van der Waals surface area (Å²) < 4.78 is 51.4. The monoisotopic (exact) mass is 499 g/mol. The summed E-state index contributed by atoms with van der Waals surface area (Å²) >= 11 is 0. The van der Waals surface area contributed by atoms with Gasteiger partial charge in [0.1, 0.15) is 15.7 Å². The van der Waals surface area contributed by atoms with Gasteiger partial charge in [0, 0.05) is 18.9 Å². The minimum atomic E-state index is -3.51. The van der Waals surface area contributed by atoms with Crippen molar-refractivity contribution in [1.82, 2.24) is 14.5 Å². The van der Waals surface area contributed by atoms with Crippen LogP contribution in [0.1, 0.15) is 29.7 Å². The average molecular weight is 500 g/mol. The predicted molar refractivity (Wildman–Crippen MR) is 132 cm³/mol. The minimum Gasteiger partial charge on any atom is -0.493 e. The van der Waals surface area contributed by atoms with Gasteiger partial charge in [0.15, 0.2) is 17.1 Å². The standard InChI is InChI=1S/C25H26FN3O5S/c1-4-34-22-14-17(9-10-21(22)33-2)20(15-35(3,31)32)29-24-23(28-25(29)30)18(11-12-27-24)13-16-7-5-6-8-19(16)26/h5-12,14,20H,4,13,15H2,1-3H3,(H,28,30)/t20-/m1/s1. The van der Waals surface area contributed by atoms with E-state index in [1.54, 1.807) is 42.5 Å². The van der Waals surface area contributed by atoms with Crippen LogP contribution in [-0.4, -0.2) is 48.7 Å².